The van der Waals surface area contributed by atoms with Crippen molar-refractivity contribution in [1.82, 2.24) is 14.9 Å². The van der Waals surface area contributed by atoms with Gasteiger partial charge in [0.05, 0.1) is 4.90 Å². The highest BCUT2D eigenvalue weighted by Gasteiger charge is 2.30. The molecular weight excluding hydrogens is 398 g/mol. The molecule has 1 aromatic rings. The summed E-state index contributed by atoms with van der Waals surface area (Å²) in [6.45, 7) is 11.1. The average molecular weight is 432 g/mol. The predicted octanol–water partition coefficient (Wildman–Crippen LogP) is 2.88. The number of carbonyl (C=O) groups is 1. The lowest BCUT2D eigenvalue weighted by Crippen LogP contribution is -2.38. The molecule has 28 heavy (non-hydrogen) atoms. The highest BCUT2D eigenvalue weighted by atomic mass is 35.5. The summed E-state index contributed by atoms with van der Waals surface area (Å²) in [7, 11) is -3.59. The van der Waals surface area contributed by atoms with Crippen molar-refractivity contribution in [2.24, 2.45) is 5.92 Å². The Morgan fingerprint density at radius 3 is 2.39 bits per heavy atom. The first-order valence-electron chi connectivity index (χ1n) is 9.87. The van der Waals surface area contributed by atoms with Crippen molar-refractivity contribution < 1.29 is 13.2 Å². The Bertz CT molecular complexity index is 760. The normalized spacial score (nSPS) is 15.9. The van der Waals surface area contributed by atoms with E-state index >= 15 is 0 Å². The van der Waals surface area contributed by atoms with Crippen LogP contribution in [0.5, 0.6) is 0 Å². The quantitative estimate of drug-likeness (QED) is 0.620. The smallest absolute Gasteiger partial charge is 0.251 e. The van der Waals surface area contributed by atoms with Crippen molar-refractivity contribution in [1.29, 1.82) is 0 Å². The zero-order chi connectivity index (χ0) is 20.0. The Hall–Kier alpha value is -1.15. The van der Waals surface area contributed by atoms with Crippen LogP contribution in [-0.4, -0.2) is 51.4 Å². The molecule has 8 heteroatoms. The van der Waals surface area contributed by atoms with Crippen molar-refractivity contribution in [2.75, 3.05) is 32.7 Å². The highest BCUT2D eigenvalue weighted by molar-refractivity contribution is 7.89. The number of carbonyl (C=O) groups excluding carboxylic acids is 1. The molecule has 1 fully saturated rings. The number of piperidine rings is 1. The van der Waals surface area contributed by atoms with Crippen LogP contribution in [0.15, 0.2) is 17.0 Å². The molecule has 1 amide bonds. The van der Waals surface area contributed by atoms with Crippen molar-refractivity contribution >= 4 is 28.3 Å². The molecule has 1 aromatic carbocycles. The molecule has 1 heterocycles. The fourth-order valence-electron chi connectivity index (χ4n) is 3.26. The molecule has 0 saturated carbocycles. The molecule has 2 N–H and O–H groups in total. The Labute approximate surface area is 175 Å². The van der Waals surface area contributed by atoms with Crippen molar-refractivity contribution in [3.8, 4) is 0 Å². The Morgan fingerprint density at radius 1 is 1.14 bits per heavy atom. The van der Waals surface area contributed by atoms with Crippen LogP contribution in [0.2, 0.25) is 0 Å². The number of nitrogens with one attached hydrogen (secondary N) is 2. The fourth-order valence-corrected chi connectivity index (χ4v) is 5.05. The van der Waals surface area contributed by atoms with E-state index in [1.807, 2.05) is 13.8 Å². The molecule has 6 nitrogen and oxygen atoms in total. The minimum Gasteiger partial charge on any atom is -0.351 e. The summed E-state index contributed by atoms with van der Waals surface area (Å²) in [6.07, 6.45) is 2.80. The van der Waals surface area contributed by atoms with Gasteiger partial charge in [-0.3, -0.25) is 4.79 Å². The van der Waals surface area contributed by atoms with Crippen LogP contribution in [0, 0.1) is 19.8 Å². The zero-order valence-electron chi connectivity index (χ0n) is 17.4. The third kappa shape index (κ3) is 6.17. The molecule has 0 radical (unpaired) electrons. The molecule has 0 bridgehead atoms. The van der Waals surface area contributed by atoms with Gasteiger partial charge in [-0.1, -0.05) is 13.8 Å². The predicted molar refractivity (Wildman–Crippen MR) is 116 cm³/mol. The van der Waals surface area contributed by atoms with Crippen LogP contribution in [-0.2, 0) is 10.0 Å². The molecular formula is C20H34ClN3O3S. The molecule has 160 valence electrons. The summed E-state index contributed by atoms with van der Waals surface area (Å²) >= 11 is 0. The van der Waals surface area contributed by atoms with E-state index in [-0.39, 0.29) is 23.2 Å². The number of nitrogens with zero attached hydrogens (tertiary/aromatic N) is 1. The van der Waals surface area contributed by atoms with Gasteiger partial charge in [0.15, 0.2) is 0 Å². The number of hydrogen-bond acceptors (Lipinski definition) is 4. The lowest BCUT2D eigenvalue weighted by atomic mass is 10.0. The lowest BCUT2D eigenvalue weighted by Gasteiger charge is -2.30. The van der Waals surface area contributed by atoms with Crippen molar-refractivity contribution in [3.05, 3.63) is 28.8 Å². The first-order chi connectivity index (χ1) is 12.8. The minimum atomic E-state index is -3.59. The highest BCUT2D eigenvalue weighted by Crippen LogP contribution is 2.28. The van der Waals surface area contributed by atoms with Gasteiger partial charge in [-0.25, -0.2) is 8.42 Å². The van der Waals surface area contributed by atoms with Gasteiger partial charge in [-0.2, -0.15) is 4.31 Å². The first-order valence-corrected chi connectivity index (χ1v) is 11.3. The second-order valence-electron chi connectivity index (χ2n) is 7.51. The molecule has 2 rings (SSSR count). The van der Waals surface area contributed by atoms with E-state index in [9.17, 15) is 13.2 Å². The zero-order valence-corrected chi connectivity index (χ0v) is 19.0. The van der Waals surface area contributed by atoms with Crippen LogP contribution in [0.4, 0.5) is 0 Å². The topological polar surface area (TPSA) is 78.5 Å². The minimum absolute atomic E-state index is 0. The van der Waals surface area contributed by atoms with Gasteiger partial charge in [-0.05, 0) is 68.8 Å². The van der Waals surface area contributed by atoms with Crippen LogP contribution in [0.25, 0.3) is 0 Å². The fraction of sp³-hybridized carbons (Fsp3) is 0.650. The average Bonchev–Trinajstić information content (AvgIpc) is 2.63. The summed E-state index contributed by atoms with van der Waals surface area (Å²) < 4.78 is 27.9. The van der Waals surface area contributed by atoms with E-state index in [0.29, 0.717) is 37.7 Å². The molecule has 1 aliphatic heterocycles. The van der Waals surface area contributed by atoms with E-state index in [4.69, 9.17) is 0 Å². The summed E-state index contributed by atoms with van der Waals surface area (Å²) in [5, 5.41) is 6.09. The van der Waals surface area contributed by atoms with Gasteiger partial charge in [0, 0.05) is 31.7 Å². The van der Waals surface area contributed by atoms with Crippen molar-refractivity contribution in [3.63, 3.8) is 0 Å². The number of rotatable bonds is 8. The van der Waals surface area contributed by atoms with Crippen LogP contribution in [0.1, 0.15) is 54.6 Å². The van der Waals surface area contributed by atoms with E-state index in [1.165, 1.54) is 6.07 Å². The summed E-state index contributed by atoms with van der Waals surface area (Å²) in [5.41, 5.74) is 1.93. The first kappa shape index (κ1) is 24.9. The Balaban J connectivity index is 0.00000392. The third-order valence-corrected chi connectivity index (χ3v) is 7.28. The Kier molecular flexibility index (Phi) is 9.90. The molecule has 0 atom stereocenters. The van der Waals surface area contributed by atoms with Crippen LogP contribution >= 0.6 is 12.4 Å². The SMILES string of the molecule is CCCNCCNC(=O)c1cc(C)c(C)c(S(=O)(=O)N2CCC(C)CC2)c1.Cl. The van der Waals surface area contributed by atoms with E-state index in [2.05, 4.69) is 24.5 Å². The van der Waals surface area contributed by atoms with Gasteiger partial charge in [0.25, 0.3) is 5.91 Å². The third-order valence-electron chi connectivity index (χ3n) is 5.26. The maximum Gasteiger partial charge on any atom is 0.251 e. The number of aryl methyl sites for hydroxylation is 1. The summed E-state index contributed by atoms with van der Waals surface area (Å²) in [5.74, 6) is 0.317. The van der Waals surface area contributed by atoms with Crippen LogP contribution < -0.4 is 10.6 Å². The van der Waals surface area contributed by atoms with E-state index in [1.54, 1.807) is 10.4 Å². The van der Waals surface area contributed by atoms with E-state index < -0.39 is 10.0 Å². The standard InChI is InChI=1S/C20H33N3O3S.ClH/c1-5-8-21-9-10-22-20(24)18-13-16(3)17(4)19(14-18)27(25,26)23-11-6-15(2)7-12-23;/h13-15,21H,5-12H2,1-4H3,(H,22,24);1H. The maximum absolute atomic E-state index is 13.2. The number of amides is 1. The lowest BCUT2D eigenvalue weighted by molar-refractivity contribution is 0.0953. The second kappa shape index (κ2) is 11.1. The Morgan fingerprint density at radius 2 is 1.79 bits per heavy atom. The molecule has 0 unspecified atom stereocenters. The molecule has 0 aromatic heterocycles. The number of hydrogen-bond donors (Lipinski definition) is 2. The van der Waals surface area contributed by atoms with E-state index in [0.717, 1.165) is 36.9 Å². The van der Waals surface area contributed by atoms with Gasteiger partial charge in [0.1, 0.15) is 0 Å². The monoisotopic (exact) mass is 431 g/mol. The molecule has 1 aliphatic rings. The van der Waals surface area contributed by atoms with Gasteiger partial charge < -0.3 is 10.6 Å². The maximum atomic E-state index is 13.2. The summed E-state index contributed by atoms with van der Waals surface area (Å²) in [4.78, 5) is 12.7. The largest absolute Gasteiger partial charge is 0.351 e. The number of benzene rings is 1. The van der Waals surface area contributed by atoms with Crippen LogP contribution in [0.3, 0.4) is 0 Å². The summed E-state index contributed by atoms with van der Waals surface area (Å²) in [6, 6.07) is 3.30. The van der Waals surface area contributed by atoms with Gasteiger partial charge >= 0.3 is 0 Å². The van der Waals surface area contributed by atoms with Gasteiger partial charge in [-0.15, -0.1) is 12.4 Å². The number of sulfonamides is 1. The molecule has 1 saturated heterocycles. The molecule has 0 spiro atoms. The molecule has 0 aliphatic carbocycles. The number of halogens is 1. The van der Waals surface area contributed by atoms with Crippen molar-refractivity contribution in [2.45, 2.75) is 51.9 Å². The second-order valence-corrected chi connectivity index (χ2v) is 9.42. The van der Waals surface area contributed by atoms with Gasteiger partial charge in [0.2, 0.25) is 10.0 Å².